The van der Waals surface area contributed by atoms with Gasteiger partial charge in [-0.15, -0.1) is 0 Å². The van der Waals surface area contributed by atoms with E-state index in [0.717, 1.165) is 0 Å². The van der Waals surface area contributed by atoms with E-state index in [9.17, 15) is 22.0 Å². The van der Waals surface area contributed by atoms with Crippen LogP contribution in [0.4, 0.5) is 8.78 Å². The summed E-state index contributed by atoms with van der Waals surface area (Å²) in [6, 6.07) is 8.13. The first-order valence-electron chi connectivity index (χ1n) is 8.19. The highest BCUT2D eigenvalue weighted by Gasteiger charge is 2.21. The molecule has 0 spiro atoms. The number of ether oxygens (including phenoxy) is 2. The van der Waals surface area contributed by atoms with Crippen LogP contribution in [0.3, 0.4) is 0 Å². The molecule has 2 aromatic carbocycles. The Hall–Kier alpha value is -2.43. The van der Waals surface area contributed by atoms with Crippen LogP contribution in [0.1, 0.15) is 15.9 Å². The predicted molar refractivity (Wildman–Crippen MR) is 103 cm³/mol. The van der Waals surface area contributed by atoms with Crippen molar-refractivity contribution in [1.29, 1.82) is 0 Å². The lowest BCUT2D eigenvalue weighted by molar-refractivity contribution is -0.0512. The molecular weight excluding hydrogens is 430 g/mol. The third-order valence-electron chi connectivity index (χ3n) is 3.96. The minimum absolute atomic E-state index is 0.0111. The average Bonchev–Trinajstić information content (AvgIpc) is 2.67. The first kappa shape index (κ1) is 22.9. The van der Waals surface area contributed by atoms with Crippen LogP contribution >= 0.6 is 11.6 Å². The average molecular weight is 449 g/mol. The fourth-order valence-electron chi connectivity index (χ4n) is 2.51. The molecule has 0 saturated heterocycles. The standard InChI is InChI=1S/C18H19ClF2N2O5S/c1-22-29(25,26)12-5-6-14(19)13(9-12)17(24)23(2)10-11-4-7-15(27-3)16(8-11)28-18(20)21/h4-9,18,22H,10H2,1-3H3. The number of sulfonamides is 1. The van der Waals surface area contributed by atoms with Gasteiger partial charge in [0.1, 0.15) is 0 Å². The molecular formula is C18H19ClF2N2O5S. The van der Waals surface area contributed by atoms with E-state index in [1.165, 1.54) is 56.4 Å². The molecule has 0 aliphatic heterocycles. The summed E-state index contributed by atoms with van der Waals surface area (Å²) in [6.07, 6.45) is 0. The second kappa shape index (κ2) is 9.38. The monoisotopic (exact) mass is 448 g/mol. The van der Waals surface area contributed by atoms with Gasteiger partial charge in [-0.25, -0.2) is 13.1 Å². The summed E-state index contributed by atoms with van der Waals surface area (Å²) >= 11 is 6.07. The number of nitrogens with zero attached hydrogens (tertiary/aromatic N) is 1. The molecule has 2 aromatic rings. The molecule has 29 heavy (non-hydrogen) atoms. The predicted octanol–water partition coefficient (Wildman–Crippen LogP) is 3.13. The van der Waals surface area contributed by atoms with Crippen LogP contribution < -0.4 is 14.2 Å². The molecule has 7 nitrogen and oxygen atoms in total. The van der Waals surface area contributed by atoms with E-state index < -0.39 is 22.5 Å². The molecule has 0 unspecified atom stereocenters. The van der Waals surface area contributed by atoms with E-state index in [2.05, 4.69) is 9.46 Å². The quantitative estimate of drug-likeness (QED) is 0.670. The zero-order valence-electron chi connectivity index (χ0n) is 15.8. The Morgan fingerprint density at radius 2 is 1.90 bits per heavy atom. The van der Waals surface area contributed by atoms with Crippen molar-refractivity contribution < 1.29 is 31.5 Å². The molecule has 0 bridgehead atoms. The van der Waals surface area contributed by atoms with Crippen LogP contribution in [-0.2, 0) is 16.6 Å². The molecule has 0 aliphatic rings. The van der Waals surface area contributed by atoms with Crippen LogP contribution in [0, 0.1) is 0 Å². The van der Waals surface area contributed by atoms with Crippen LogP contribution in [-0.4, -0.2) is 47.0 Å². The van der Waals surface area contributed by atoms with Crippen molar-refractivity contribution in [2.75, 3.05) is 21.2 Å². The lowest BCUT2D eigenvalue weighted by Gasteiger charge is -2.19. The Kier molecular flexibility index (Phi) is 7.39. The van der Waals surface area contributed by atoms with E-state index in [4.69, 9.17) is 16.3 Å². The Morgan fingerprint density at radius 3 is 2.48 bits per heavy atom. The first-order valence-corrected chi connectivity index (χ1v) is 10.1. The van der Waals surface area contributed by atoms with Gasteiger partial charge in [-0.3, -0.25) is 4.79 Å². The van der Waals surface area contributed by atoms with Crippen molar-refractivity contribution in [1.82, 2.24) is 9.62 Å². The highest BCUT2D eigenvalue weighted by atomic mass is 35.5. The SMILES string of the molecule is CNS(=O)(=O)c1ccc(Cl)c(C(=O)N(C)Cc2ccc(OC)c(OC(F)F)c2)c1. The van der Waals surface area contributed by atoms with Gasteiger partial charge in [0.15, 0.2) is 11.5 Å². The van der Waals surface area contributed by atoms with Gasteiger partial charge < -0.3 is 14.4 Å². The second-order valence-corrected chi connectivity index (χ2v) is 8.17. The molecule has 0 heterocycles. The summed E-state index contributed by atoms with van der Waals surface area (Å²) in [7, 11) is 0.274. The number of amides is 1. The van der Waals surface area contributed by atoms with E-state index in [0.29, 0.717) is 5.56 Å². The Bertz CT molecular complexity index is 1000. The second-order valence-electron chi connectivity index (χ2n) is 5.87. The Labute approximate surface area is 172 Å². The number of halogens is 3. The molecule has 158 valence electrons. The maximum atomic E-state index is 12.8. The third kappa shape index (κ3) is 5.55. The molecule has 11 heteroatoms. The van der Waals surface area contributed by atoms with Gasteiger partial charge in [0, 0.05) is 13.6 Å². The van der Waals surface area contributed by atoms with Gasteiger partial charge >= 0.3 is 6.61 Å². The largest absolute Gasteiger partial charge is 0.493 e. The van der Waals surface area contributed by atoms with Crippen molar-refractivity contribution in [3.8, 4) is 11.5 Å². The van der Waals surface area contributed by atoms with Crippen molar-refractivity contribution in [3.63, 3.8) is 0 Å². The zero-order chi connectivity index (χ0) is 21.8. The van der Waals surface area contributed by atoms with Gasteiger partial charge in [-0.2, -0.15) is 8.78 Å². The molecule has 0 aromatic heterocycles. The van der Waals surface area contributed by atoms with E-state index in [-0.39, 0.29) is 33.5 Å². The summed E-state index contributed by atoms with van der Waals surface area (Å²) in [5.74, 6) is -0.590. The summed E-state index contributed by atoms with van der Waals surface area (Å²) in [5.41, 5.74) is 0.482. The fourth-order valence-corrected chi connectivity index (χ4v) is 3.47. The number of rotatable bonds is 8. The highest BCUT2D eigenvalue weighted by Crippen LogP contribution is 2.30. The van der Waals surface area contributed by atoms with Crippen molar-refractivity contribution >= 4 is 27.5 Å². The summed E-state index contributed by atoms with van der Waals surface area (Å²) in [6.45, 7) is -3.00. The molecule has 0 radical (unpaired) electrons. The van der Waals surface area contributed by atoms with Gasteiger partial charge in [0.25, 0.3) is 5.91 Å². The van der Waals surface area contributed by atoms with Crippen molar-refractivity contribution in [2.24, 2.45) is 0 Å². The van der Waals surface area contributed by atoms with E-state index in [1.807, 2.05) is 0 Å². The number of carbonyl (C=O) groups excluding carboxylic acids is 1. The smallest absolute Gasteiger partial charge is 0.387 e. The van der Waals surface area contributed by atoms with Crippen molar-refractivity contribution in [3.05, 3.63) is 52.5 Å². The molecule has 0 fully saturated rings. The van der Waals surface area contributed by atoms with Crippen molar-refractivity contribution in [2.45, 2.75) is 18.1 Å². The topological polar surface area (TPSA) is 84.9 Å². The highest BCUT2D eigenvalue weighted by molar-refractivity contribution is 7.89. The minimum Gasteiger partial charge on any atom is -0.493 e. The molecule has 1 N–H and O–H groups in total. The minimum atomic E-state index is -3.76. The van der Waals surface area contributed by atoms with Crippen LogP contribution in [0.2, 0.25) is 5.02 Å². The number of nitrogens with one attached hydrogen (secondary N) is 1. The number of alkyl halides is 2. The number of carbonyl (C=O) groups is 1. The summed E-state index contributed by atoms with van der Waals surface area (Å²) in [4.78, 5) is 13.9. The van der Waals surface area contributed by atoms with Gasteiger partial charge in [0.05, 0.1) is 22.6 Å². The third-order valence-corrected chi connectivity index (χ3v) is 5.70. The molecule has 0 atom stereocenters. The summed E-state index contributed by atoms with van der Waals surface area (Å²) < 4.78 is 60.7. The van der Waals surface area contributed by atoms with E-state index in [1.54, 1.807) is 6.07 Å². The number of methoxy groups -OCH3 is 1. The Balaban J connectivity index is 2.29. The van der Waals surface area contributed by atoms with E-state index >= 15 is 0 Å². The number of hydrogen-bond donors (Lipinski definition) is 1. The number of benzene rings is 2. The fraction of sp³-hybridized carbons (Fsp3) is 0.278. The molecule has 0 saturated carbocycles. The maximum absolute atomic E-state index is 12.8. The summed E-state index contributed by atoms with van der Waals surface area (Å²) in [5, 5.41) is 0.0772. The molecule has 2 rings (SSSR count). The number of hydrogen-bond acceptors (Lipinski definition) is 5. The maximum Gasteiger partial charge on any atom is 0.387 e. The van der Waals surface area contributed by atoms with Crippen LogP contribution in [0.5, 0.6) is 11.5 Å². The Morgan fingerprint density at radius 1 is 1.21 bits per heavy atom. The van der Waals surface area contributed by atoms with Gasteiger partial charge in [0.2, 0.25) is 10.0 Å². The normalized spacial score (nSPS) is 11.4. The lowest BCUT2D eigenvalue weighted by atomic mass is 10.1. The van der Waals surface area contributed by atoms with Gasteiger partial charge in [-0.1, -0.05) is 17.7 Å². The zero-order valence-corrected chi connectivity index (χ0v) is 17.4. The van der Waals surface area contributed by atoms with Crippen LogP contribution in [0.15, 0.2) is 41.3 Å². The van der Waals surface area contributed by atoms with Gasteiger partial charge in [-0.05, 0) is 42.9 Å². The lowest BCUT2D eigenvalue weighted by Crippen LogP contribution is -2.27. The molecule has 0 aliphatic carbocycles. The first-order chi connectivity index (χ1) is 13.6. The van der Waals surface area contributed by atoms with Crippen LogP contribution in [0.25, 0.3) is 0 Å². The molecule has 1 amide bonds.